The minimum Gasteiger partial charge on any atom is -0.394 e. The summed E-state index contributed by atoms with van der Waals surface area (Å²) in [5.41, 5.74) is 0.303. The molecule has 2 rings (SSSR count). The van der Waals surface area contributed by atoms with E-state index in [9.17, 15) is 15.3 Å². The largest absolute Gasteiger partial charge is 0.394 e. The Balaban J connectivity index is 2.20. The number of H-pyrrole nitrogens is 1. The molecule has 1 aromatic heterocycles. The van der Waals surface area contributed by atoms with Crippen LogP contribution in [-0.2, 0) is 4.74 Å². The van der Waals surface area contributed by atoms with Gasteiger partial charge < -0.3 is 25.2 Å². The molecule has 2 heterocycles. The van der Waals surface area contributed by atoms with Gasteiger partial charge in [0.05, 0.1) is 6.61 Å². The van der Waals surface area contributed by atoms with E-state index >= 15 is 0 Å². The van der Waals surface area contributed by atoms with E-state index < -0.39 is 37.1 Å². The van der Waals surface area contributed by atoms with Gasteiger partial charge >= 0.3 is 0 Å². The highest BCUT2D eigenvalue weighted by Gasteiger charge is 2.44. The monoisotopic (exact) mass is 231 g/mol. The van der Waals surface area contributed by atoms with Crippen LogP contribution in [-0.4, -0.2) is 66.9 Å². The molecular formula is C8H13N3O5. The number of aromatic nitrogens is 3. The van der Waals surface area contributed by atoms with Crippen LogP contribution in [0.3, 0.4) is 0 Å². The number of aromatic amines is 1. The van der Waals surface area contributed by atoms with Gasteiger partial charge in [0.15, 0.2) is 0 Å². The summed E-state index contributed by atoms with van der Waals surface area (Å²) in [6, 6.07) is 0. The molecule has 90 valence electrons. The molecule has 1 aliphatic heterocycles. The molecule has 0 spiro atoms. The first-order valence-electron chi connectivity index (χ1n) is 4.82. The Kier molecular flexibility index (Phi) is 3.17. The van der Waals surface area contributed by atoms with Crippen LogP contribution in [0.25, 0.3) is 0 Å². The fourth-order valence-electron chi connectivity index (χ4n) is 1.70. The van der Waals surface area contributed by atoms with Crippen LogP contribution in [0, 0.1) is 0 Å². The van der Waals surface area contributed by atoms with Crippen molar-refractivity contribution in [1.82, 2.24) is 15.4 Å². The molecule has 0 unspecified atom stereocenters. The van der Waals surface area contributed by atoms with Crippen molar-refractivity contribution < 1.29 is 25.2 Å². The fraction of sp³-hybridized carbons (Fsp3) is 0.750. The van der Waals surface area contributed by atoms with Gasteiger partial charge in [-0.15, -0.1) is 5.10 Å². The van der Waals surface area contributed by atoms with Gasteiger partial charge in [0, 0.05) is 6.20 Å². The summed E-state index contributed by atoms with van der Waals surface area (Å²) in [5.74, 6) is 0. The summed E-state index contributed by atoms with van der Waals surface area (Å²) in [7, 11) is 0. The van der Waals surface area contributed by atoms with Crippen molar-refractivity contribution >= 4 is 0 Å². The fourth-order valence-corrected chi connectivity index (χ4v) is 1.70. The highest BCUT2D eigenvalue weighted by atomic mass is 16.5. The Hall–Kier alpha value is -1.06. The molecule has 5 atom stereocenters. The number of aliphatic hydroxyl groups excluding tert-OH is 4. The van der Waals surface area contributed by atoms with Gasteiger partial charge in [0.1, 0.15) is 36.2 Å². The quantitative estimate of drug-likeness (QED) is 0.374. The highest BCUT2D eigenvalue weighted by molar-refractivity contribution is 5.05. The molecule has 8 heteroatoms. The van der Waals surface area contributed by atoms with Crippen LogP contribution in [0.5, 0.6) is 0 Å². The van der Waals surface area contributed by atoms with Gasteiger partial charge in [-0.2, -0.15) is 0 Å². The van der Waals surface area contributed by atoms with Crippen LogP contribution in [0.4, 0.5) is 0 Å². The maximum Gasteiger partial charge on any atom is 0.132 e. The Bertz CT molecular complexity index is 330. The molecule has 16 heavy (non-hydrogen) atoms. The number of aliphatic hydroxyl groups is 4. The lowest BCUT2D eigenvalue weighted by Gasteiger charge is -2.39. The van der Waals surface area contributed by atoms with Crippen LogP contribution in [0.1, 0.15) is 11.8 Å². The SMILES string of the molecule is OC[C@H]1O[C@@H](c2c[nH]nn2)[C@H](O)[C@@H](O)[C@H]1O. The maximum absolute atomic E-state index is 9.69. The van der Waals surface area contributed by atoms with Gasteiger partial charge in [-0.05, 0) is 0 Å². The Morgan fingerprint density at radius 2 is 2.00 bits per heavy atom. The zero-order chi connectivity index (χ0) is 11.7. The highest BCUT2D eigenvalue weighted by Crippen LogP contribution is 2.30. The van der Waals surface area contributed by atoms with Crippen LogP contribution in [0.15, 0.2) is 6.20 Å². The molecule has 0 aromatic carbocycles. The zero-order valence-electron chi connectivity index (χ0n) is 8.26. The lowest BCUT2D eigenvalue weighted by Crippen LogP contribution is -2.55. The van der Waals surface area contributed by atoms with Crippen LogP contribution < -0.4 is 0 Å². The van der Waals surface area contributed by atoms with E-state index in [1.807, 2.05) is 0 Å². The second-order valence-corrected chi connectivity index (χ2v) is 3.65. The lowest BCUT2D eigenvalue weighted by molar-refractivity contribution is -0.232. The first-order valence-corrected chi connectivity index (χ1v) is 4.82. The number of rotatable bonds is 2. The molecule has 0 amide bonds. The van der Waals surface area contributed by atoms with Crippen molar-refractivity contribution in [3.63, 3.8) is 0 Å². The first-order chi connectivity index (χ1) is 7.65. The predicted molar refractivity (Wildman–Crippen MR) is 49.1 cm³/mol. The van der Waals surface area contributed by atoms with Crippen molar-refractivity contribution in [2.24, 2.45) is 0 Å². The normalized spacial score (nSPS) is 39.9. The molecule has 0 aliphatic carbocycles. The third kappa shape index (κ3) is 1.81. The number of hydrogen-bond acceptors (Lipinski definition) is 7. The summed E-state index contributed by atoms with van der Waals surface area (Å²) in [4.78, 5) is 0. The average Bonchev–Trinajstić information content (AvgIpc) is 2.80. The number of nitrogens with zero attached hydrogens (tertiary/aromatic N) is 2. The van der Waals surface area contributed by atoms with Crippen molar-refractivity contribution in [3.05, 3.63) is 11.9 Å². The number of ether oxygens (including phenoxy) is 1. The van der Waals surface area contributed by atoms with Gasteiger partial charge in [-0.25, -0.2) is 0 Å². The summed E-state index contributed by atoms with van der Waals surface area (Å²) in [5, 5.41) is 47.3. The van der Waals surface area contributed by atoms with E-state index in [4.69, 9.17) is 9.84 Å². The van der Waals surface area contributed by atoms with Crippen LogP contribution in [0.2, 0.25) is 0 Å². The predicted octanol–water partition coefficient (Wildman–Crippen LogP) is -2.68. The van der Waals surface area contributed by atoms with E-state index in [1.54, 1.807) is 0 Å². The topological polar surface area (TPSA) is 132 Å². The van der Waals surface area contributed by atoms with Gasteiger partial charge in [0.2, 0.25) is 0 Å². The third-order valence-electron chi connectivity index (χ3n) is 2.62. The van der Waals surface area contributed by atoms with Crippen LogP contribution >= 0.6 is 0 Å². The van der Waals surface area contributed by atoms with E-state index in [0.29, 0.717) is 5.69 Å². The summed E-state index contributed by atoms with van der Waals surface area (Å²) < 4.78 is 5.24. The summed E-state index contributed by atoms with van der Waals surface area (Å²) in [6.07, 6.45) is -4.51. The molecule has 0 bridgehead atoms. The van der Waals surface area contributed by atoms with Crippen molar-refractivity contribution in [3.8, 4) is 0 Å². The van der Waals surface area contributed by atoms with Crippen molar-refractivity contribution in [1.29, 1.82) is 0 Å². The van der Waals surface area contributed by atoms with Gasteiger partial charge in [-0.3, -0.25) is 5.10 Å². The minimum atomic E-state index is -1.40. The van der Waals surface area contributed by atoms with Crippen molar-refractivity contribution in [2.75, 3.05) is 6.61 Å². The first kappa shape index (κ1) is 11.4. The molecule has 1 aliphatic rings. The Labute approximate surface area is 90.5 Å². The Morgan fingerprint density at radius 3 is 2.56 bits per heavy atom. The molecule has 8 nitrogen and oxygen atoms in total. The number of nitrogens with one attached hydrogen (secondary N) is 1. The molecule has 0 radical (unpaired) electrons. The molecule has 1 saturated heterocycles. The van der Waals surface area contributed by atoms with E-state index in [0.717, 1.165) is 0 Å². The van der Waals surface area contributed by atoms with E-state index in [-0.39, 0.29) is 0 Å². The molecular weight excluding hydrogens is 218 g/mol. The molecule has 5 N–H and O–H groups in total. The number of hydrogen-bond donors (Lipinski definition) is 5. The van der Waals surface area contributed by atoms with E-state index in [2.05, 4.69) is 15.4 Å². The second-order valence-electron chi connectivity index (χ2n) is 3.65. The van der Waals surface area contributed by atoms with E-state index in [1.165, 1.54) is 6.20 Å². The summed E-state index contributed by atoms with van der Waals surface area (Å²) in [6.45, 7) is -0.459. The van der Waals surface area contributed by atoms with Gasteiger partial charge in [-0.1, -0.05) is 5.21 Å². The minimum absolute atomic E-state index is 0.303. The molecule has 1 fully saturated rings. The molecule has 1 aromatic rings. The second kappa shape index (κ2) is 4.44. The maximum atomic E-state index is 9.69. The van der Waals surface area contributed by atoms with Crippen molar-refractivity contribution in [2.45, 2.75) is 30.5 Å². The Morgan fingerprint density at radius 1 is 1.25 bits per heavy atom. The average molecular weight is 231 g/mol. The smallest absolute Gasteiger partial charge is 0.132 e. The van der Waals surface area contributed by atoms with Gasteiger partial charge in [0.25, 0.3) is 0 Å². The molecule has 0 saturated carbocycles. The third-order valence-corrected chi connectivity index (χ3v) is 2.62. The lowest BCUT2D eigenvalue weighted by atomic mass is 9.94. The standard InChI is InChI=1S/C8H13N3O5/c12-2-4-5(13)6(14)7(15)8(16-4)3-1-9-11-10-3/h1,4-8,12-15H,2H2,(H,9,10,11)/t4-,5+,6+,7-,8+/m1/s1. The zero-order valence-corrected chi connectivity index (χ0v) is 8.26. The summed E-state index contributed by atoms with van der Waals surface area (Å²) >= 11 is 0.